The van der Waals surface area contributed by atoms with E-state index in [1.165, 1.54) is 12.0 Å². The third-order valence-electron chi connectivity index (χ3n) is 2.96. The smallest absolute Gasteiger partial charge is 0.221 e. The normalized spacial score (nSPS) is 11.3. The Labute approximate surface area is 123 Å². The molecule has 2 N–H and O–H groups in total. The molecule has 0 saturated carbocycles. The number of hydrogen-bond acceptors (Lipinski definition) is 2. The van der Waals surface area contributed by atoms with Crippen LogP contribution in [0.4, 0.5) is 0 Å². The van der Waals surface area contributed by atoms with Crippen molar-refractivity contribution in [3.05, 3.63) is 35.9 Å². The predicted octanol–water partition coefficient (Wildman–Crippen LogP) is 2.90. The molecule has 1 aromatic rings. The summed E-state index contributed by atoms with van der Waals surface area (Å²) in [5.74, 6) is 0.120. The predicted molar refractivity (Wildman–Crippen MR) is 84.8 cm³/mol. The molecule has 0 aliphatic carbocycles. The third-order valence-corrected chi connectivity index (χ3v) is 2.96. The highest BCUT2D eigenvalue weighted by atomic mass is 16.1. The molecule has 112 valence electrons. The summed E-state index contributed by atoms with van der Waals surface area (Å²) in [5, 5.41) is 6.29. The van der Waals surface area contributed by atoms with E-state index in [4.69, 9.17) is 0 Å². The summed E-state index contributed by atoms with van der Waals surface area (Å²) in [7, 11) is 0. The summed E-state index contributed by atoms with van der Waals surface area (Å²) in [6.07, 6.45) is 4.02. The van der Waals surface area contributed by atoms with Crippen LogP contribution < -0.4 is 10.6 Å². The standard InChI is InChI=1S/C17H28N2O/c1-17(2,3)19-16(20)12-14-18-13-8-7-11-15-9-5-4-6-10-15/h4-6,9-10,18H,7-8,11-14H2,1-3H3,(H,19,20). The molecule has 0 atom stereocenters. The molecule has 0 spiro atoms. The largest absolute Gasteiger partial charge is 0.351 e. The average molecular weight is 276 g/mol. The molecule has 0 fully saturated rings. The van der Waals surface area contributed by atoms with Crippen molar-refractivity contribution in [3.63, 3.8) is 0 Å². The number of carbonyl (C=O) groups excluding carboxylic acids is 1. The van der Waals surface area contributed by atoms with Crippen LogP contribution in [0.15, 0.2) is 30.3 Å². The Morgan fingerprint density at radius 3 is 2.40 bits per heavy atom. The summed E-state index contributed by atoms with van der Waals surface area (Å²) in [6.45, 7) is 7.74. The molecule has 3 heteroatoms. The van der Waals surface area contributed by atoms with Crippen LogP contribution in [0.1, 0.15) is 45.6 Å². The average Bonchev–Trinajstić information content (AvgIpc) is 2.37. The summed E-state index contributed by atoms with van der Waals surface area (Å²) in [5.41, 5.74) is 1.27. The first-order valence-corrected chi connectivity index (χ1v) is 7.53. The molecule has 0 bridgehead atoms. The number of rotatable bonds is 8. The van der Waals surface area contributed by atoms with E-state index in [1.807, 2.05) is 26.8 Å². The van der Waals surface area contributed by atoms with Gasteiger partial charge in [-0.05, 0) is 52.1 Å². The lowest BCUT2D eigenvalue weighted by Crippen LogP contribution is -2.41. The number of amides is 1. The number of nitrogens with one attached hydrogen (secondary N) is 2. The van der Waals surface area contributed by atoms with Crippen LogP contribution in [0.3, 0.4) is 0 Å². The summed E-state index contributed by atoms with van der Waals surface area (Å²) >= 11 is 0. The van der Waals surface area contributed by atoms with E-state index < -0.39 is 0 Å². The molecular formula is C17H28N2O. The van der Waals surface area contributed by atoms with Gasteiger partial charge in [0.25, 0.3) is 0 Å². The van der Waals surface area contributed by atoms with Crippen molar-refractivity contribution in [3.8, 4) is 0 Å². The number of hydrogen-bond donors (Lipinski definition) is 2. The molecule has 0 heterocycles. The Balaban J connectivity index is 1.96. The molecule has 1 aromatic carbocycles. The van der Waals surface area contributed by atoms with Crippen molar-refractivity contribution < 1.29 is 4.79 Å². The molecule has 3 nitrogen and oxygen atoms in total. The van der Waals surface area contributed by atoms with Crippen molar-refractivity contribution in [2.75, 3.05) is 13.1 Å². The van der Waals surface area contributed by atoms with E-state index in [0.717, 1.165) is 25.9 Å². The van der Waals surface area contributed by atoms with Gasteiger partial charge in [0.2, 0.25) is 5.91 Å². The number of benzene rings is 1. The highest BCUT2D eigenvalue weighted by Gasteiger charge is 2.12. The fourth-order valence-electron chi connectivity index (χ4n) is 2.03. The van der Waals surface area contributed by atoms with Crippen LogP contribution in [0.5, 0.6) is 0 Å². The minimum absolute atomic E-state index is 0.120. The maximum absolute atomic E-state index is 11.6. The van der Waals surface area contributed by atoms with Crippen molar-refractivity contribution in [2.45, 2.75) is 52.0 Å². The summed E-state index contributed by atoms with van der Waals surface area (Å²) < 4.78 is 0. The zero-order valence-electron chi connectivity index (χ0n) is 13.0. The fourth-order valence-corrected chi connectivity index (χ4v) is 2.03. The first-order valence-electron chi connectivity index (χ1n) is 7.53. The van der Waals surface area contributed by atoms with Gasteiger partial charge in [0.1, 0.15) is 0 Å². The van der Waals surface area contributed by atoms with Gasteiger partial charge in [0.15, 0.2) is 0 Å². The van der Waals surface area contributed by atoms with Crippen LogP contribution in [-0.4, -0.2) is 24.5 Å². The van der Waals surface area contributed by atoms with E-state index >= 15 is 0 Å². The zero-order valence-corrected chi connectivity index (χ0v) is 13.0. The van der Waals surface area contributed by atoms with Crippen molar-refractivity contribution >= 4 is 5.91 Å². The van der Waals surface area contributed by atoms with E-state index in [-0.39, 0.29) is 11.4 Å². The van der Waals surface area contributed by atoms with Gasteiger partial charge < -0.3 is 10.6 Å². The molecule has 0 saturated heterocycles. The lowest BCUT2D eigenvalue weighted by Gasteiger charge is -2.20. The van der Waals surface area contributed by atoms with Gasteiger partial charge in [-0.25, -0.2) is 0 Å². The minimum Gasteiger partial charge on any atom is -0.351 e. The molecule has 0 aromatic heterocycles. The Hall–Kier alpha value is -1.35. The Bertz CT molecular complexity index is 382. The Morgan fingerprint density at radius 1 is 1.05 bits per heavy atom. The molecule has 0 aliphatic heterocycles. The molecule has 20 heavy (non-hydrogen) atoms. The lowest BCUT2D eigenvalue weighted by molar-refractivity contribution is -0.122. The highest BCUT2D eigenvalue weighted by Crippen LogP contribution is 2.03. The van der Waals surface area contributed by atoms with Crippen LogP contribution in [0.25, 0.3) is 0 Å². The van der Waals surface area contributed by atoms with Gasteiger partial charge in [-0.1, -0.05) is 30.3 Å². The monoisotopic (exact) mass is 276 g/mol. The third kappa shape index (κ3) is 8.70. The van der Waals surface area contributed by atoms with E-state index in [1.54, 1.807) is 0 Å². The second kappa shape index (κ2) is 8.75. The van der Waals surface area contributed by atoms with Gasteiger partial charge in [-0.2, -0.15) is 0 Å². The van der Waals surface area contributed by atoms with Crippen molar-refractivity contribution in [1.82, 2.24) is 10.6 Å². The number of unbranched alkanes of at least 4 members (excludes halogenated alkanes) is 1. The molecule has 0 unspecified atom stereocenters. The van der Waals surface area contributed by atoms with Gasteiger partial charge in [-0.3, -0.25) is 4.79 Å². The highest BCUT2D eigenvalue weighted by molar-refractivity contribution is 5.76. The van der Waals surface area contributed by atoms with Gasteiger partial charge in [0.05, 0.1) is 0 Å². The maximum Gasteiger partial charge on any atom is 0.221 e. The molecule has 0 aliphatic rings. The Morgan fingerprint density at radius 2 is 1.75 bits per heavy atom. The summed E-state index contributed by atoms with van der Waals surface area (Å²) in [6, 6.07) is 10.6. The lowest BCUT2D eigenvalue weighted by atomic mass is 10.1. The molecular weight excluding hydrogens is 248 g/mol. The molecule has 0 radical (unpaired) electrons. The van der Waals surface area contributed by atoms with Crippen LogP contribution in [-0.2, 0) is 11.2 Å². The quantitative estimate of drug-likeness (QED) is 0.717. The van der Waals surface area contributed by atoms with Gasteiger partial charge in [0, 0.05) is 18.5 Å². The van der Waals surface area contributed by atoms with Crippen LogP contribution in [0.2, 0.25) is 0 Å². The maximum atomic E-state index is 11.6. The van der Waals surface area contributed by atoms with E-state index in [0.29, 0.717) is 6.42 Å². The second-order valence-electron chi connectivity index (χ2n) is 6.24. The van der Waals surface area contributed by atoms with E-state index in [9.17, 15) is 4.79 Å². The zero-order chi connectivity index (χ0) is 14.8. The van der Waals surface area contributed by atoms with E-state index in [2.05, 4.69) is 34.9 Å². The minimum atomic E-state index is -0.132. The van der Waals surface area contributed by atoms with Gasteiger partial charge >= 0.3 is 0 Å². The first-order chi connectivity index (χ1) is 9.47. The van der Waals surface area contributed by atoms with Crippen LogP contribution >= 0.6 is 0 Å². The Kier molecular flexibility index (Phi) is 7.31. The second-order valence-corrected chi connectivity index (χ2v) is 6.24. The van der Waals surface area contributed by atoms with Crippen molar-refractivity contribution in [2.24, 2.45) is 0 Å². The molecule has 1 amide bonds. The fraction of sp³-hybridized carbons (Fsp3) is 0.588. The van der Waals surface area contributed by atoms with Gasteiger partial charge in [-0.15, -0.1) is 0 Å². The first kappa shape index (κ1) is 16.7. The topological polar surface area (TPSA) is 41.1 Å². The molecule has 1 rings (SSSR count). The van der Waals surface area contributed by atoms with Crippen molar-refractivity contribution in [1.29, 1.82) is 0 Å². The number of carbonyl (C=O) groups is 1. The SMILES string of the molecule is CC(C)(C)NC(=O)CCNCCCCc1ccccc1. The summed E-state index contributed by atoms with van der Waals surface area (Å²) in [4.78, 5) is 11.6. The van der Waals surface area contributed by atoms with Crippen LogP contribution in [0, 0.1) is 0 Å². The number of aryl methyl sites for hydroxylation is 1.